The van der Waals surface area contributed by atoms with Gasteiger partial charge in [-0.05, 0) is 75.2 Å². The van der Waals surface area contributed by atoms with Crippen LogP contribution in [0.2, 0.25) is 0 Å². The lowest BCUT2D eigenvalue weighted by Crippen LogP contribution is -2.58. The Hall–Kier alpha value is -3.82. The van der Waals surface area contributed by atoms with E-state index in [2.05, 4.69) is 42.7 Å². The summed E-state index contributed by atoms with van der Waals surface area (Å²) < 4.78 is 28.6. The number of ether oxygens (including phenoxy) is 1. The summed E-state index contributed by atoms with van der Waals surface area (Å²) >= 11 is 0. The van der Waals surface area contributed by atoms with E-state index in [4.69, 9.17) is 20.0 Å². The molecule has 4 aromatic rings. The van der Waals surface area contributed by atoms with E-state index >= 15 is 4.39 Å². The van der Waals surface area contributed by atoms with Crippen molar-refractivity contribution in [2.45, 2.75) is 58.3 Å². The zero-order chi connectivity index (χ0) is 32.2. The molecule has 0 spiro atoms. The van der Waals surface area contributed by atoms with E-state index in [0.29, 0.717) is 65.1 Å². The molecule has 45 heavy (non-hydrogen) atoms. The summed E-state index contributed by atoms with van der Waals surface area (Å²) in [6.07, 6.45) is 2.44. The predicted octanol–water partition coefficient (Wildman–Crippen LogP) is 5.11. The number of aryl methyl sites for hydroxylation is 2. The van der Waals surface area contributed by atoms with Crippen LogP contribution in [-0.4, -0.2) is 87.4 Å². The number of amides is 1. The SMILES string of the molecule is C=CC(=O)N1C[C@H](C)N(c2nc(OCCN3CCC(C)(P)C3)nc3c(F)c(-c4c(C)ccc5onc(N)c45)c(C)cc23)C[C@H]1C. The van der Waals surface area contributed by atoms with Crippen molar-refractivity contribution in [1.82, 2.24) is 24.9 Å². The number of fused-ring (bicyclic) bond motifs is 2. The van der Waals surface area contributed by atoms with Crippen molar-refractivity contribution in [2.24, 2.45) is 0 Å². The van der Waals surface area contributed by atoms with E-state index in [1.165, 1.54) is 6.08 Å². The van der Waals surface area contributed by atoms with Crippen molar-refractivity contribution < 1.29 is 18.4 Å². The molecule has 0 radical (unpaired) electrons. The summed E-state index contributed by atoms with van der Waals surface area (Å²) in [6.45, 7) is 17.7. The van der Waals surface area contributed by atoms with Crippen molar-refractivity contribution in [1.29, 1.82) is 0 Å². The van der Waals surface area contributed by atoms with E-state index in [1.807, 2.05) is 44.7 Å². The van der Waals surface area contributed by atoms with E-state index in [1.54, 1.807) is 6.07 Å². The smallest absolute Gasteiger partial charge is 0.319 e. The molecule has 0 aliphatic carbocycles. The number of carbonyl (C=O) groups excluding carboxylic acids is 1. The van der Waals surface area contributed by atoms with Gasteiger partial charge >= 0.3 is 6.01 Å². The van der Waals surface area contributed by atoms with Gasteiger partial charge in [0.2, 0.25) is 5.91 Å². The van der Waals surface area contributed by atoms with Gasteiger partial charge in [0.15, 0.2) is 17.2 Å². The van der Waals surface area contributed by atoms with Gasteiger partial charge in [0.05, 0.1) is 5.39 Å². The number of anilines is 2. The van der Waals surface area contributed by atoms with Gasteiger partial charge in [0, 0.05) is 54.8 Å². The highest BCUT2D eigenvalue weighted by molar-refractivity contribution is 7.19. The van der Waals surface area contributed by atoms with Crippen LogP contribution in [0.3, 0.4) is 0 Å². The highest BCUT2D eigenvalue weighted by Crippen LogP contribution is 2.42. The average Bonchev–Trinajstić information content (AvgIpc) is 3.55. The van der Waals surface area contributed by atoms with Crippen LogP contribution in [0.1, 0.15) is 38.3 Å². The monoisotopic (exact) mass is 633 g/mol. The molecule has 2 unspecified atom stereocenters. The minimum atomic E-state index is -0.491. The van der Waals surface area contributed by atoms with Crippen LogP contribution in [0.15, 0.2) is 35.4 Å². The number of rotatable bonds is 7. The minimum Gasteiger partial charge on any atom is -0.462 e. The van der Waals surface area contributed by atoms with Gasteiger partial charge in [-0.1, -0.05) is 24.7 Å². The zero-order valence-electron chi connectivity index (χ0n) is 26.6. The lowest BCUT2D eigenvalue weighted by Gasteiger charge is -2.44. The molecule has 238 valence electrons. The van der Waals surface area contributed by atoms with Gasteiger partial charge in [-0.25, -0.2) is 4.39 Å². The summed E-state index contributed by atoms with van der Waals surface area (Å²) in [5, 5.41) is 5.28. The normalized spacial score (nSPS) is 22.5. The zero-order valence-corrected chi connectivity index (χ0v) is 27.7. The summed E-state index contributed by atoms with van der Waals surface area (Å²) in [6, 6.07) is 5.49. The highest BCUT2D eigenvalue weighted by Gasteiger charge is 2.34. The van der Waals surface area contributed by atoms with Crippen LogP contribution < -0.4 is 15.4 Å². The maximum absolute atomic E-state index is 17.0. The molecule has 6 rings (SSSR count). The quantitative estimate of drug-likeness (QED) is 0.219. The van der Waals surface area contributed by atoms with Crippen molar-refractivity contribution in [3.63, 3.8) is 0 Å². The fraction of sp³-hybridized carbons (Fsp3) is 0.455. The Labute approximate surface area is 265 Å². The third-order valence-corrected chi connectivity index (χ3v) is 9.62. The van der Waals surface area contributed by atoms with Gasteiger partial charge in [-0.2, -0.15) is 9.97 Å². The van der Waals surface area contributed by atoms with Gasteiger partial charge in [-0.3, -0.25) is 9.69 Å². The fourth-order valence-corrected chi connectivity index (χ4v) is 7.17. The molecule has 0 saturated carbocycles. The number of piperazine rings is 1. The van der Waals surface area contributed by atoms with Crippen LogP contribution in [-0.2, 0) is 4.79 Å². The Bertz CT molecular complexity index is 1810. The lowest BCUT2D eigenvalue weighted by atomic mass is 9.91. The summed E-state index contributed by atoms with van der Waals surface area (Å²) in [4.78, 5) is 28.4. The number of hydrogen-bond donors (Lipinski definition) is 1. The summed E-state index contributed by atoms with van der Waals surface area (Å²) in [5.41, 5.74) is 9.40. The van der Waals surface area contributed by atoms with E-state index in [0.717, 1.165) is 25.1 Å². The van der Waals surface area contributed by atoms with Gasteiger partial charge < -0.3 is 24.8 Å². The molecule has 2 N–H and O–H groups in total. The molecule has 2 aromatic heterocycles. The van der Waals surface area contributed by atoms with Crippen LogP contribution in [0.5, 0.6) is 6.01 Å². The molecule has 2 saturated heterocycles. The first-order chi connectivity index (χ1) is 21.4. The second kappa shape index (κ2) is 11.8. The number of nitrogens with zero attached hydrogens (tertiary/aromatic N) is 6. The van der Waals surface area contributed by atoms with Crippen molar-refractivity contribution >= 4 is 48.7 Å². The molecular weight excluding hydrogens is 592 g/mol. The van der Waals surface area contributed by atoms with Gasteiger partial charge in [0.25, 0.3) is 0 Å². The third-order valence-electron chi connectivity index (χ3n) is 9.15. The van der Waals surface area contributed by atoms with Crippen molar-refractivity contribution in [2.75, 3.05) is 50.0 Å². The Morgan fingerprint density at radius 2 is 2.00 bits per heavy atom. The number of nitrogen functional groups attached to an aromatic ring is 1. The van der Waals surface area contributed by atoms with E-state index < -0.39 is 5.82 Å². The molecule has 0 bridgehead atoms. The predicted molar refractivity (Wildman–Crippen MR) is 179 cm³/mol. The second-order valence-corrected chi connectivity index (χ2v) is 14.3. The molecule has 1 amide bonds. The first-order valence-electron chi connectivity index (χ1n) is 15.4. The Balaban J connectivity index is 1.46. The van der Waals surface area contributed by atoms with Crippen LogP contribution in [0, 0.1) is 19.7 Å². The largest absolute Gasteiger partial charge is 0.462 e. The highest BCUT2D eigenvalue weighted by atomic mass is 31.0. The number of nitrogens with two attached hydrogens (primary N) is 1. The standard InChI is InChI=1S/C33H41FN7O3P/c1-7-24(42)40-15-21(5)41(16-20(40)4)31-22-14-19(3)26(25-18(2)8-9-23-27(25)30(35)38-44-23)28(34)29(22)36-32(37-31)43-13-12-39-11-10-33(6,45)17-39/h7-9,14,20-21H,1,10-13,15-17,45H2,2-6H3,(H2,35,38)/t20-,21+,33?/m1/s1. The third kappa shape index (κ3) is 5.72. The Morgan fingerprint density at radius 1 is 1.22 bits per heavy atom. The van der Waals surface area contributed by atoms with Crippen LogP contribution in [0.4, 0.5) is 16.0 Å². The molecule has 4 heterocycles. The minimum absolute atomic E-state index is 0.101. The number of likely N-dealkylation sites (tertiary alicyclic amines) is 1. The van der Waals surface area contributed by atoms with E-state index in [-0.39, 0.29) is 40.5 Å². The van der Waals surface area contributed by atoms with E-state index in [9.17, 15) is 4.79 Å². The molecule has 2 aromatic carbocycles. The van der Waals surface area contributed by atoms with Crippen molar-refractivity contribution in [3.05, 3.63) is 47.8 Å². The van der Waals surface area contributed by atoms with Crippen LogP contribution >= 0.6 is 9.24 Å². The Kier molecular flexibility index (Phi) is 8.20. The van der Waals surface area contributed by atoms with Crippen molar-refractivity contribution in [3.8, 4) is 17.1 Å². The molecule has 2 aliphatic heterocycles. The number of aromatic nitrogens is 3. The fourth-order valence-electron chi connectivity index (χ4n) is 6.78. The average molecular weight is 634 g/mol. The maximum Gasteiger partial charge on any atom is 0.319 e. The first kappa shape index (κ1) is 31.2. The molecule has 12 heteroatoms. The number of halogens is 1. The first-order valence-corrected chi connectivity index (χ1v) is 16.0. The number of benzene rings is 2. The maximum atomic E-state index is 17.0. The molecule has 4 atom stereocenters. The number of hydrogen-bond acceptors (Lipinski definition) is 9. The van der Waals surface area contributed by atoms with Gasteiger partial charge in [0.1, 0.15) is 17.9 Å². The Morgan fingerprint density at radius 3 is 2.71 bits per heavy atom. The second-order valence-electron chi connectivity index (χ2n) is 12.9. The summed E-state index contributed by atoms with van der Waals surface area (Å²) in [7, 11) is 2.95. The molecule has 2 aliphatic rings. The molecular formula is C33H41FN7O3P. The van der Waals surface area contributed by atoms with Crippen LogP contribution in [0.25, 0.3) is 33.0 Å². The van der Waals surface area contributed by atoms with Gasteiger partial charge in [-0.15, -0.1) is 9.24 Å². The lowest BCUT2D eigenvalue weighted by molar-refractivity contribution is -0.128. The molecule has 2 fully saturated rings. The summed E-state index contributed by atoms with van der Waals surface area (Å²) in [5.74, 6) is 0.173. The number of carbonyl (C=O) groups is 1. The topological polar surface area (TPSA) is 114 Å². The molecule has 10 nitrogen and oxygen atoms in total.